The Bertz CT molecular complexity index is 990. The molecule has 30 heavy (non-hydrogen) atoms. The molecule has 2 atom stereocenters. The summed E-state index contributed by atoms with van der Waals surface area (Å²) < 4.78 is 1.95. The highest BCUT2D eigenvalue weighted by Crippen LogP contribution is 2.28. The van der Waals surface area contributed by atoms with Gasteiger partial charge in [0.25, 0.3) is 0 Å². The molecular weight excluding hydrogens is 392 g/mol. The molecule has 3 rings (SSSR count). The van der Waals surface area contributed by atoms with Crippen LogP contribution in [-0.4, -0.2) is 25.9 Å². The monoisotopic (exact) mass is 422 g/mol. The number of rotatable bonds is 6. The molecule has 1 N–H and O–H groups in total. The normalized spacial score (nSPS) is 13.7. The molecule has 1 heterocycles. The molecule has 1 amide bonds. The van der Waals surface area contributed by atoms with Crippen molar-refractivity contribution >= 4 is 17.7 Å². The summed E-state index contributed by atoms with van der Waals surface area (Å²) >= 11 is 1.42. The van der Waals surface area contributed by atoms with Crippen LogP contribution in [0.2, 0.25) is 0 Å². The average molecular weight is 423 g/mol. The van der Waals surface area contributed by atoms with Crippen LogP contribution in [0.1, 0.15) is 51.8 Å². The molecule has 3 aromatic rings. The van der Waals surface area contributed by atoms with Crippen LogP contribution in [0, 0.1) is 0 Å². The molecular formula is C24H30N4OS. The van der Waals surface area contributed by atoms with E-state index in [-0.39, 0.29) is 22.6 Å². The second kappa shape index (κ2) is 9.04. The second-order valence-corrected chi connectivity index (χ2v) is 9.90. The Labute approximate surface area is 183 Å². The fourth-order valence-corrected chi connectivity index (χ4v) is 3.98. The number of amides is 1. The first-order chi connectivity index (χ1) is 14.2. The number of benzene rings is 2. The molecule has 6 heteroatoms. The van der Waals surface area contributed by atoms with Crippen LogP contribution in [0.15, 0.2) is 59.8 Å². The SMILES string of the molecule is CC(Sc1nnc(-c2ccc(C(C)(C)C)cc2)n1C)C(=O)NC(C)c1ccccc1. The summed E-state index contributed by atoms with van der Waals surface area (Å²) in [5, 5.41) is 12.2. The van der Waals surface area contributed by atoms with Gasteiger partial charge in [-0.25, -0.2) is 0 Å². The molecule has 0 aliphatic carbocycles. The number of hydrogen-bond donors (Lipinski definition) is 1. The number of carbonyl (C=O) groups excluding carboxylic acids is 1. The van der Waals surface area contributed by atoms with E-state index < -0.39 is 0 Å². The summed E-state index contributed by atoms with van der Waals surface area (Å²) in [6.07, 6.45) is 0. The summed E-state index contributed by atoms with van der Waals surface area (Å²) in [6.45, 7) is 10.5. The van der Waals surface area contributed by atoms with Crippen LogP contribution in [0.3, 0.4) is 0 Å². The van der Waals surface area contributed by atoms with Gasteiger partial charge < -0.3 is 9.88 Å². The van der Waals surface area contributed by atoms with E-state index in [1.807, 2.05) is 55.8 Å². The van der Waals surface area contributed by atoms with Gasteiger partial charge in [-0.05, 0) is 30.4 Å². The van der Waals surface area contributed by atoms with E-state index in [9.17, 15) is 4.79 Å². The van der Waals surface area contributed by atoms with Crippen LogP contribution < -0.4 is 5.32 Å². The predicted molar refractivity (Wildman–Crippen MR) is 123 cm³/mol. The summed E-state index contributed by atoms with van der Waals surface area (Å²) in [4.78, 5) is 12.7. The number of thioether (sulfide) groups is 1. The van der Waals surface area contributed by atoms with Crippen molar-refractivity contribution < 1.29 is 4.79 Å². The van der Waals surface area contributed by atoms with Gasteiger partial charge in [0.2, 0.25) is 5.91 Å². The van der Waals surface area contributed by atoms with Gasteiger partial charge in [-0.3, -0.25) is 4.79 Å². The number of hydrogen-bond acceptors (Lipinski definition) is 4. The van der Waals surface area contributed by atoms with Gasteiger partial charge in [-0.15, -0.1) is 10.2 Å². The Morgan fingerprint density at radius 1 is 1.00 bits per heavy atom. The van der Waals surface area contributed by atoms with Gasteiger partial charge in [-0.2, -0.15) is 0 Å². The lowest BCUT2D eigenvalue weighted by Crippen LogP contribution is -2.33. The Hall–Kier alpha value is -2.60. The van der Waals surface area contributed by atoms with E-state index in [2.05, 4.69) is 60.6 Å². The molecule has 158 valence electrons. The number of nitrogens with zero attached hydrogens (tertiary/aromatic N) is 3. The van der Waals surface area contributed by atoms with Crippen LogP contribution in [-0.2, 0) is 17.3 Å². The Balaban J connectivity index is 1.67. The third-order valence-corrected chi connectivity index (χ3v) is 6.29. The zero-order chi connectivity index (χ0) is 21.9. The summed E-state index contributed by atoms with van der Waals surface area (Å²) in [7, 11) is 1.94. The van der Waals surface area contributed by atoms with Crippen LogP contribution in [0.25, 0.3) is 11.4 Å². The van der Waals surface area contributed by atoms with Crippen molar-refractivity contribution in [2.24, 2.45) is 7.05 Å². The lowest BCUT2D eigenvalue weighted by Gasteiger charge is -2.19. The molecule has 5 nitrogen and oxygen atoms in total. The zero-order valence-electron chi connectivity index (χ0n) is 18.5. The minimum atomic E-state index is -0.282. The van der Waals surface area contributed by atoms with E-state index in [1.54, 1.807) is 0 Å². The topological polar surface area (TPSA) is 59.8 Å². The maximum Gasteiger partial charge on any atom is 0.233 e. The first-order valence-electron chi connectivity index (χ1n) is 10.2. The van der Waals surface area contributed by atoms with Crippen molar-refractivity contribution in [3.8, 4) is 11.4 Å². The van der Waals surface area contributed by atoms with Crippen molar-refractivity contribution in [2.75, 3.05) is 0 Å². The minimum Gasteiger partial charge on any atom is -0.349 e. The van der Waals surface area contributed by atoms with E-state index in [4.69, 9.17) is 0 Å². The van der Waals surface area contributed by atoms with Gasteiger partial charge in [0.05, 0.1) is 11.3 Å². The zero-order valence-corrected chi connectivity index (χ0v) is 19.3. The predicted octanol–water partition coefficient (Wildman–Crippen LogP) is 5.14. The molecule has 2 unspecified atom stereocenters. The van der Waals surface area contributed by atoms with Gasteiger partial charge in [0.1, 0.15) is 0 Å². The highest BCUT2D eigenvalue weighted by atomic mass is 32.2. The maximum atomic E-state index is 12.7. The van der Waals surface area contributed by atoms with Crippen LogP contribution >= 0.6 is 11.8 Å². The third-order valence-electron chi connectivity index (χ3n) is 5.15. The standard InChI is InChI=1S/C24H30N4OS/c1-16(18-10-8-7-9-11-18)25-22(29)17(2)30-23-27-26-21(28(23)6)19-12-14-20(15-13-19)24(3,4)5/h7-17H,1-6H3,(H,25,29). The van der Waals surface area contributed by atoms with Crippen molar-refractivity contribution in [3.05, 3.63) is 65.7 Å². The third kappa shape index (κ3) is 5.11. The second-order valence-electron chi connectivity index (χ2n) is 8.59. The molecule has 0 fully saturated rings. The molecule has 0 bridgehead atoms. The molecule has 0 spiro atoms. The molecule has 0 saturated carbocycles. The summed E-state index contributed by atoms with van der Waals surface area (Å²) in [6, 6.07) is 18.3. The Kier molecular flexibility index (Phi) is 6.66. The molecule has 0 radical (unpaired) electrons. The highest BCUT2D eigenvalue weighted by Gasteiger charge is 2.21. The summed E-state index contributed by atoms with van der Waals surface area (Å²) in [5.41, 5.74) is 3.49. The fourth-order valence-electron chi connectivity index (χ4n) is 3.16. The van der Waals surface area contributed by atoms with Crippen molar-refractivity contribution in [1.82, 2.24) is 20.1 Å². The van der Waals surface area contributed by atoms with E-state index >= 15 is 0 Å². The lowest BCUT2D eigenvalue weighted by atomic mass is 9.87. The van der Waals surface area contributed by atoms with Gasteiger partial charge in [0.15, 0.2) is 11.0 Å². The maximum absolute atomic E-state index is 12.7. The quantitative estimate of drug-likeness (QED) is 0.559. The molecule has 2 aromatic carbocycles. The smallest absolute Gasteiger partial charge is 0.233 e. The lowest BCUT2D eigenvalue weighted by molar-refractivity contribution is -0.120. The highest BCUT2D eigenvalue weighted by molar-refractivity contribution is 8.00. The largest absolute Gasteiger partial charge is 0.349 e. The van der Waals surface area contributed by atoms with Crippen molar-refractivity contribution in [3.63, 3.8) is 0 Å². The number of nitrogens with one attached hydrogen (secondary N) is 1. The van der Waals surface area contributed by atoms with Crippen LogP contribution in [0.4, 0.5) is 0 Å². The Morgan fingerprint density at radius 3 is 2.23 bits per heavy atom. The van der Waals surface area contributed by atoms with Gasteiger partial charge in [-0.1, -0.05) is 87.1 Å². The number of aromatic nitrogens is 3. The van der Waals surface area contributed by atoms with Crippen LogP contribution in [0.5, 0.6) is 0 Å². The first kappa shape index (κ1) is 22.1. The summed E-state index contributed by atoms with van der Waals surface area (Å²) in [5.74, 6) is 0.777. The van der Waals surface area contributed by atoms with E-state index in [0.29, 0.717) is 0 Å². The van der Waals surface area contributed by atoms with Crippen molar-refractivity contribution in [2.45, 2.75) is 56.5 Å². The van der Waals surface area contributed by atoms with E-state index in [0.717, 1.165) is 22.1 Å². The van der Waals surface area contributed by atoms with Crippen molar-refractivity contribution in [1.29, 1.82) is 0 Å². The average Bonchev–Trinajstić information content (AvgIpc) is 3.08. The first-order valence-corrected chi connectivity index (χ1v) is 11.1. The molecule has 0 aliphatic rings. The minimum absolute atomic E-state index is 0.0181. The van der Waals surface area contributed by atoms with Gasteiger partial charge >= 0.3 is 0 Å². The molecule has 0 saturated heterocycles. The van der Waals surface area contributed by atoms with E-state index in [1.165, 1.54) is 17.3 Å². The molecule has 0 aliphatic heterocycles. The number of carbonyl (C=O) groups is 1. The van der Waals surface area contributed by atoms with Gasteiger partial charge in [0, 0.05) is 12.6 Å². The Morgan fingerprint density at radius 2 is 1.63 bits per heavy atom. The molecule has 1 aromatic heterocycles. The fraction of sp³-hybridized carbons (Fsp3) is 0.375.